The number of rotatable bonds is 1. The van der Waals surface area contributed by atoms with Gasteiger partial charge in [0.25, 0.3) is 0 Å². The number of hydrogen-bond acceptors (Lipinski definition) is 1. The van der Waals surface area contributed by atoms with Gasteiger partial charge in [-0.05, 0) is 31.1 Å². The zero-order valence-electron chi connectivity index (χ0n) is 6.81. The van der Waals surface area contributed by atoms with Crippen molar-refractivity contribution >= 4 is 5.91 Å². The molecule has 2 rings (SSSR count). The summed E-state index contributed by atoms with van der Waals surface area (Å²) in [6, 6.07) is 0. The first-order valence-corrected chi connectivity index (χ1v) is 4.54. The summed E-state index contributed by atoms with van der Waals surface area (Å²) in [5.41, 5.74) is 5.74. The Kier molecular flexibility index (Phi) is 1.44. The van der Waals surface area contributed by atoms with Crippen molar-refractivity contribution in [3.8, 4) is 0 Å². The molecule has 11 heavy (non-hydrogen) atoms. The lowest BCUT2D eigenvalue weighted by atomic mass is 9.76. The molecule has 2 fully saturated rings. The second-order valence-electron chi connectivity index (χ2n) is 4.06. The van der Waals surface area contributed by atoms with Crippen LogP contribution in [-0.2, 0) is 4.79 Å². The predicted molar refractivity (Wildman–Crippen MR) is 42.8 cm³/mol. The molecule has 1 amide bonds. The van der Waals surface area contributed by atoms with Gasteiger partial charge >= 0.3 is 0 Å². The van der Waals surface area contributed by atoms with Gasteiger partial charge < -0.3 is 5.73 Å². The molecule has 1 spiro atoms. The number of carbonyl (C=O) groups is 1. The van der Waals surface area contributed by atoms with Crippen molar-refractivity contribution in [2.75, 3.05) is 0 Å². The van der Waals surface area contributed by atoms with Crippen LogP contribution >= 0.6 is 0 Å². The van der Waals surface area contributed by atoms with Gasteiger partial charge in [-0.1, -0.05) is 12.8 Å². The van der Waals surface area contributed by atoms with Crippen LogP contribution in [0.1, 0.15) is 38.5 Å². The van der Waals surface area contributed by atoms with E-state index in [-0.39, 0.29) is 11.8 Å². The smallest absolute Gasteiger partial charge is 0.221 e. The largest absolute Gasteiger partial charge is 0.369 e. The molecule has 2 N–H and O–H groups in total. The van der Waals surface area contributed by atoms with Crippen LogP contribution < -0.4 is 5.73 Å². The van der Waals surface area contributed by atoms with E-state index in [1.807, 2.05) is 0 Å². The molecule has 0 heterocycles. The highest BCUT2D eigenvalue weighted by Crippen LogP contribution is 2.59. The molecule has 2 nitrogen and oxygen atoms in total. The molecule has 0 radical (unpaired) electrons. The zero-order valence-corrected chi connectivity index (χ0v) is 6.81. The van der Waals surface area contributed by atoms with E-state index in [1.165, 1.54) is 32.1 Å². The Morgan fingerprint density at radius 1 is 1.27 bits per heavy atom. The first kappa shape index (κ1) is 7.14. The summed E-state index contributed by atoms with van der Waals surface area (Å²) in [4.78, 5) is 11.0. The fourth-order valence-corrected chi connectivity index (χ4v) is 2.51. The van der Waals surface area contributed by atoms with Gasteiger partial charge in [0.2, 0.25) is 5.91 Å². The van der Waals surface area contributed by atoms with Gasteiger partial charge in [0.05, 0.1) is 0 Å². The van der Waals surface area contributed by atoms with Gasteiger partial charge in [0.15, 0.2) is 0 Å². The van der Waals surface area contributed by atoms with E-state index >= 15 is 0 Å². The van der Waals surface area contributed by atoms with Crippen molar-refractivity contribution in [2.45, 2.75) is 38.5 Å². The Hall–Kier alpha value is -0.530. The maximum Gasteiger partial charge on any atom is 0.221 e. The Labute approximate surface area is 67.1 Å². The highest BCUT2D eigenvalue weighted by Gasteiger charge is 2.52. The third-order valence-corrected chi connectivity index (χ3v) is 3.39. The third kappa shape index (κ3) is 1.05. The first-order valence-electron chi connectivity index (χ1n) is 4.54. The van der Waals surface area contributed by atoms with E-state index in [4.69, 9.17) is 5.73 Å². The average molecular weight is 153 g/mol. The van der Waals surface area contributed by atoms with Crippen LogP contribution in [0.5, 0.6) is 0 Å². The molecular formula is C9H15NO. The highest BCUT2D eigenvalue weighted by molar-refractivity contribution is 5.78. The molecule has 62 valence electrons. The second-order valence-corrected chi connectivity index (χ2v) is 4.06. The minimum Gasteiger partial charge on any atom is -0.369 e. The van der Waals surface area contributed by atoms with Gasteiger partial charge in [-0.25, -0.2) is 0 Å². The lowest BCUT2D eigenvalue weighted by Crippen LogP contribution is -2.33. The van der Waals surface area contributed by atoms with Crippen molar-refractivity contribution < 1.29 is 4.79 Å². The van der Waals surface area contributed by atoms with Gasteiger partial charge in [-0.3, -0.25) is 4.79 Å². The van der Waals surface area contributed by atoms with Crippen molar-refractivity contribution in [3.63, 3.8) is 0 Å². The topological polar surface area (TPSA) is 43.1 Å². The van der Waals surface area contributed by atoms with Crippen LogP contribution in [-0.4, -0.2) is 5.91 Å². The average Bonchev–Trinajstić information content (AvgIpc) is 2.70. The maximum absolute atomic E-state index is 11.0. The molecule has 2 heteroatoms. The van der Waals surface area contributed by atoms with Crippen molar-refractivity contribution in [1.82, 2.24) is 0 Å². The first-order chi connectivity index (χ1) is 5.25. The summed E-state index contributed by atoms with van der Waals surface area (Å²) in [5.74, 6) is 0.165. The van der Waals surface area contributed by atoms with Gasteiger partial charge in [0.1, 0.15) is 0 Å². The van der Waals surface area contributed by atoms with E-state index in [9.17, 15) is 4.79 Å². The number of hydrogen-bond donors (Lipinski definition) is 1. The summed E-state index contributed by atoms with van der Waals surface area (Å²) >= 11 is 0. The highest BCUT2D eigenvalue weighted by atomic mass is 16.1. The Balaban J connectivity index is 2.10. The van der Waals surface area contributed by atoms with Gasteiger partial charge in [0, 0.05) is 5.92 Å². The molecule has 2 aliphatic rings. The van der Waals surface area contributed by atoms with Crippen molar-refractivity contribution in [2.24, 2.45) is 17.1 Å². The molecule has 1 atom stereocenters. The number of carbonyl (C=O) groups excluding carboxylic acids is 1. The van der Waals surface area contributed by atoms with Gasteiger partial charge in [-0.15, -0.1) is 0 Å². The Bertz CT molecular complexity index is 184. The molecule has 0 aliphatic heterocycles. The monoisotopic (exact) mass is 153 g/mol. The Morgan fingerprint density at radius 3 is 2.45 bits per heavy atom. The van der Waals surface area contributed by atoms with E-state index in [0.29, 0.717) is 5.41 Å². The summed E-state index contributed by atoms with van der Waals surface area (Å²) in [6.07, 6.45) is 7.32. The predicted octanol–water partition coefficient (Wildman–Crippen LogP) is 1.44. The summed E-state index contributed by atoms with van der Waals surface area (Å²) < 4.78 is 0. The lowest BCUT2D eigenvalue weighted by molar-refractivity contribution is -0.125. The minimum atomic E-state index is -0.0535. The van der Waals surface area contributed by atoms with Crippen LogP contribution in [0.15, 0.2) is 0 Å². The van der Waals surface area contributed by atoms with E-state index < -0.39 is 0 Å². The van der Waals surface area contributed by atoms with E-state index in [0.717, 1.165) is 6.42 Å². The second kappa shape index (κ2) is 2.23. The molecule has 0 aromatic rings. The van der Waals surface area contributed by atoms with Crippen LogP contribution in [0.3, 0.4) is 0 Å². The number of amides is 1. The molecule has 0 aromatic heterocycles. The third-order valence-electron chi connectivity index (χ3n) is 3.39. The molecular weight excluding hydrogens is 138 g/mol. The quantitative estimate of drug-likeness (QED) is 0.608. The molecule has 0 bridgehead atoms. The molecule has 2 saturated carbocycles. The van der Waals surface area contributed by atoms with Crippen LogP contribution in [0.2, 0.25) is 0 Å². The standard InChI is InChI=1S/C9H15NO/c10-8(11)7-3-1-2-4-9(7)5-6-9/h7H,1-6H2,(H2,10,11)/t7-/m1/s1. The Morgan fingerprint density at radius 2 is 2.00 bits per heavy atom. The van der Waals surface area contributed by atoms with Gasteiger partial charge in [-0.2, -0.15) is 0 Å². The molecule has 2 aliphatic carbocycles. The van der Waals surface area contributed by atoms with Crippen molar-refractivity contribution in [1.29, 1.82) is 0 Å². The summed E-state index contributed by atoms with van der Waals surface area (Å²) in [5, 5.41) is 0. The normalized spacial score (nSPS) is 33.6. The number of nitrogens with two attached hydrogens (primary N) is 1. The van der Waals surface area contributed by atoms with Crippen LogP contribution in [0.4, 0.5) is 0 Å². The summed E-state index contributed by atoms with van der Waals surface area (Å²) in [7, 11) is 0. The summed E-state index contributed by atoms with van der Waals surface area (Å²) in [6.45, 7) is 0. The van der Waals surface area contributed by atoms with E-state index in [2.05, 4.69) is 0 Å². The lowest BCUT2D eigenvalue weighted by Gasteiger charge is -2.28. The zero-order chi connectivity index (χ0) is 7.90. The SMILES string of the molecule is NC(=O)[C@H]1CCCCC12CC2. The fraction of sp³-hybridized carbons (Fsp3) is 0.889. The van der Waals surface area contributed by atoms with Crippen LogP contribution in [0, 0.1) is 11.3 Å². The minimum absolute atomic E-state index is 0.0535. The van der Waals surface area contributed by atoms with E-state index in [1.54, 1.807) is 0 Å². The molecule has 0 aromatic carbocycles. The van der Waals surface area contributed by atoms with Crippen LogP contribution in [0.25, 0.3) is 0 Å². The maximum atomic E-state index is 11.0. The van der Waals surface area contributed by atoms with Crippen molar-refractivity contribution in [3.05, 3.63) is 0 Å². The fourth-order valence-electron chi connectivity index (χ4n) is 2.51. The number of primary amides is 1. The molecule has 0 saturated heterocycles. The molecule has 0 unspecified atom stereocenters.